The van der Waals surface area contributed by atoms with Crippen molar-refractivity contribution in [3.8, 4) is 5.75 Å². The molecular formula is C17H21N3O2S. The second kappa shape index (κ2) is 5.85. The van der Waals surface area contributed by atoms with E-state index in [1.165, 1.54) is 0 Å². The second-order valence-electron chi connectivity index (χ2n) is 6.48. The molecule has 0 bridgehead atoms. The van der Waals surface area contributed by atoms with Gasteiger partial charge in [-0.3, -0.25) is 0 Å². The number of aryl methyl sites for hydroxylation is 1. The number of carbonyl (C=O) groups is 1. The van der Waals surface area contributed by atoms with Crippen LogP contribution >= 0.6 is 11.3 Å². The van der Waals surface area contributed by atoms with Crippen LogP contribution in [0.5, 0.6) is 5.75 Å². The molecule has 1 aliphatic rings. The number of aromatic nitrogens is 1. The summed E-state index contributed by atoms with van der Waals surface area (Å²) >= 11 is 1.55. The van der Waals surface area contributed by atoms with Gasteiger partial charge in [-0.25, -0.2) is 9.78 Å². The molecule has 2 heterocycles. The molecule has 0 spiro atoms. The fraction of sp³-hybridized carbons (Fsp3) is 0.412. The van der Waals surface area contributed by atoms with Crippen LogP contribution in [-0.4, -0.2) is 16.6 Å². The number of rotatable bonds is 3. The van der Waals surface area contributed by atoms with Gasteiger partial charge in [0.2, 0.25) is 0 Å². The lowest BCUT2D eigenvalue weighted by molar-refractivity contribution is 0.139. The van der Waals surface area contributed by atoms with Crippen LogP contribution in [0.3, 0.4) is 0 Å². The van der Waals surface area contributed by atoms with Gasteiger partial charge in [0.25, 0.3) is 0 Å². The van der Waals surface area contributed by atoms with Crippen LogP contribution < -0.4 is 15.4 Å². The zero-order chi connectivity index (χ0) is 16.6. The molecule has 122 valence electrons. The Labute approximate surface area is 140 Å². The fourth-order valence-electron chi connectivity index (χ4n) is 2.70. The van der Waals surface area contributed by atoms with E-state index in [4.69, 9.17) is 4.74 Å². The van der Waals surface area contributed by atoms with Gasteiger partial charge >= 0.3 is 6.03 Å². The van der Waals surface area contributed by atoms with Gasteiger partial charge in [0, 0.05) is 23.1 Å². The average molecular weight is 331 g/mol. The molecule has 1 atom stereocenters. The molecule has 0 unspecified atom stereocenters. The average Bonchev–Trinajstić information content (AvgIpc) is 3.01. The lowest BCUT2D eigenvalue weighted by Crippen LogP contribution is -2.31. The fourth-order valence-corrected chi connectivity index (χ4v) is 3.51. The molecule has 0 radical (unpaired) electrons. The largest absolute Gasteiger partial charge is 0.485 e. The highest BCUT2D eigenvalue weighted by Crippen LogP contribution is 2.40. The third-order valence-electron chi connectivity index (χ3n) is 3.69. The van der Waals surface area contributed by atoms with Crippen molar-refractivity contribution in [2.75, 3.05) is 5.32 Å². The molecule has 0 aliphatic carbocycles. The van der Waals surface area contributed by atoms with Crippen molar-refractivity contribution < 1.29 is 9.53 Å². The summed E-state index contributed by atoms with van der Waals surface area (Å²) in [6.07, 6.45) is 0.842. The number of nitrogens with zero attached hydrogens (tertiary/aromatic N) is 1. The topological polar surface area (TPSA) is 63.2 Å². The number of carbonyl (C=O) groups excluding carboxylic acids is 1. The number of benzene rings is 1. The molecule has 3 rings (SSSR count). The Morgan fingerprint density at radius 1 is 1.43 bits per heavy atom. The van der Waals surface area contributed by atoms with Gasteiger partial charge in [0.05, 0.1) is 11.7 Å². The molecule has 2 aromatic rings. The first-order valence-electron chi connectivity index (χ1n) is 7.64. The van der Waals surface area contributed by atoms with E-state index in [-0.39, 0.29) is 17.7 Å². The standard InChI is InChI=1S/C17H21N3O2S/c1-10-9-23-15(18-10)11(2)19-16(21)20-13-7-5-6-12-8-17(3,4)22-14(12)13/h5-7,9,11H,8H2,1-4H3,(H2,19,20,21)/t11-/m1/s1. The first kappa shape index (κ1) is 15.8. The van der Waals surface area contributed by atoms with Gasteiger partial charge in [-0.1, -0.05) is 12.1 Å². The maximum Gasteiger partial charge on any atom is 0.319 e. The number of ether oxygens (including phenoxy) is 1. The molecule has 0 saturated carbocycles. The maximum atomic E-state index is 12.3. The number of hydrogen-bond donors (Lipinski definition) is 2. The van der Waals surface area contributed by atoms with Crippen molar-refractivity contribution in [1.82, 2.24) is 10.3 Å². The zero-order valence-electron chi connectivity index (χ0n) is 13.8. The van der Waals surface area contributed by atoms with Crippen molar-refractivity contribution in [2.24, 2.45) is 0 Å². The highest BCUT2D eigenvalue weighted by molar-refractivity contribution is 7.09. The lowest BCUT2D eigenvalue weighted by Gasteiger charge is -2.19. The molecule has 6 heteroatoms. The minimum absolute atomic E-state index is 0.136. The Kier molecular flexibility index (Phi) is 4.02. The summed E-state index contributed by atoms with van der Waals surface area (Å²) in [5.74, 6) is 0.769. The van der Waals surface area contributed by atoms with Gasteiger partial charge < -0.3 is 15.4 Å². The van der Waals surface area contributed by atoms with E-state index in [0.717, 1.165) is 28.4 Å². The van der Waals surface area contributed by atoms with Gasteiger partial charge in [0.1, 0.15) is 16.4 Å². The molecule has 2 N–H and O–H groups in total. The molecule has 0 saturated heterocycles. The number of amides is 2. The highest BCUT2D eigenvalue weighted by Gasteiger charge is 2.32. The van der Waals surface area contributed by atoms with Gasteiger partial charge in [-0.05, 0) is 33.8 Å². The Morgan fingerprint density at radius 3 is 2.91 bits per heavy atom. The smallest absolute Gasteiger partial charge is 0.319 e. The van der Waals surface area contributed by atoms with Crippen LogP contribution in [0.15, 0.2) is 23.6 Å². The van der Waals surface area contributed by atoms with Gasteiger partial charge in [-0.2, -0.15) is 0 Å². The Balaban J connectivity index is 1.69. The van der Waals surface area contributed by atoms with Crippen molar-refractivity contribution in [3.63, 3.8) is 0 Å². The van der Waals surface area contributed by atoms with E-state index in [1.54, 1.807) is 11.3 Å². The van der Waals surface area contributed by atoms with E-state index in [1.807, 2.05) is 51.3 Å². The third-order valence-corrected chi connectivity index (χ3v) is 4.84. The Morgan fingerprint density at radius 2 is 2.22 bits per heavy atom. The van der Waals surface area contributed by atoms with Crippen LogP contribution in [0.25, 0.3) is 0 Å². The van der Waals surface area contributed by atoms with Crippen molar-refractivity contribution >= 4 is 23.1 Å². The summed E-state index contributed by atoms with van der Waals surface area (Å²) < 4.78 is 5.97. The monoisotopic (exact) mass is 331 g/mol. The SMILES string of the molecule is Cc1csc([C@@H](C)NC(=O)Nc2cccc3c2OC(C)(C)C3)n1. The van der Waals surface area contributed by atoms with Gasteiger partial charge in [0.15, 0.2) is 0 Å². The third kappa shape index (κ3) is 3.47. The van der Waals surface area contributed by atoms with Crippen LogP contribution in [0.2, 0.25) is 0 Å². The van der Waals surface area contributed by atoms with Crippen LogP contribution in [-0.2, 0) is 6.42 Å². The number of thiazole rings is 1. The van der Waals surface area contributed by atoms with Crippen molar-refractivity contribution in [1.29, 1.82) is 0 Å². The predicted octanol–water partition coefficient (Wildman–Crippen LogP) is 4.05. The number of fused-ring (bicyclic) bond motifs is 1. The molecule has 1 aliphatic heterocycles. The maximum absolute atomic E-state index is 12.3. The number of anilines is 1. The minimum atomic E-state index is -0.257. The molecule has 5 nitrogen and oxygen atoms in total. The Bertz CT molecular complexity index is 739. The van der Waals surface area contributed by atoms with E-state index in [2.05, 4.69) is 15.6 Å². The summed E-state index contributed by atoms with van der Waals surface area (Å²) in [5.41, 5.74) is 2.56. The van der Waals surface area contributed by atoms with E-state index < -0.39 is 0 Å². The van der Waals surface area contributed by atoms with Crippen LogP contribution in [0, 0.1) is 6.92 Å². The quantitative estimate of drug-likeness (QED) is 0.892. The molecule has 23 heavy (non-hydrogen) atoms. The molecule has 0 fully saturated rings. The molecule has 2 amide bonds. The molecule has 1 aromatic carbocycles. The summed E-state index contributed by atoms with van der Waals surface area (Å²) in [5, 5.41) is 8.68. The number of hydrogen-bond acceptors (Lipinski definition) is 4. The van der Waals surface area contributed by atoms with E-state index >= 15 is 0 Å². The van der Waals surface area contributed by atoms with Crippen molar-refractivity contribution in [2.45, 2.75) is 45.8 Å². The molecular weight excluding hydrogens is 310 g/mol. The minimum Gasteiger partial charge on any atom is -0.485 e. The zero-order valence-corrected chi connectivity index (χ0v) is 14.6. The highest BCUT2D eigenvalue weighted by atomic mass is 32.1. The summed E-state index contributed by atoms with van der Waals surface area (Å²) in [6, 6.07) is 5.44. The summed E-state index contributed by atoms with van der Waals surface area (Å²) in [4.78, 5) is 16.7. The number of nitrogens with one attached hydrogen (secondary N) is 2. The van der Waals surface area contributed by atoms with E-state index in [0.29, 0.717) is 5.69 Å². The first-order chi connectivity index (χ1) is 10.8. The number of para-hydroxylation sites is 1. The van der Waals surface area contributed by atoms with Crippen molar-refractivity contribution in [3.05, 3.63) is 39.8 Å². The number of urea groups is 1. The van der Waals surface area contributed by atoms with Gasteiger partial charge in [-0.15, -0.1) is 11.3 Å². The Hall–Kier alpha value is -2.08. The summed E-state index contributed by atoms with van der Waals surface area (Å²) in [6.45, 7) is 7.96. The first-order valence-corrected chi connectivity index (χ1v) is 8.52. The summed E-state index contributed by atoms with van der Waals surface area (Å²) in [7, 11) is 0. The van der Waals surface area contributed by atoms with E-state index in [9.17, 15) is 4.79 Å². The molecule has 1 aromatic heterocycles. The predicted molar refractivity (Wildman–Crippen MR) is 92.3 cm³/mol. The second-order valence-corrected chi connectivity index (χ2v) is 7.37. The van der Waals surface area contributed by atoms with Crippen LogP contribution in [0.1, 0.15) is 43.1 Å². The van der Waals surface area contributed by atoms with Crippen LogP contribution in [0.4, 0.5) is 10.5 Å². The normalized spacial score (nSPS) is 16.3. The lowest BCUT2D eigenvalue weighted by atomic mass is 10.0.